The minimum atomic E-state index is -1.38. The van der Waals surface area contributed by atoms with Crippen molar-refractivity contribution in [3.8, 4) is 6.07 Å². The molecule has 0 aromatic heterocycles. The third kappa shape index (κ3) is 6.58. The van der Waals surface area contributed by atoms with E-state index in [1.54, 1.807) is 0 Å². The molecule has 1 atom stereocenters. The average molecular weight is 582 g/mol. The largest absolute Gasteiger partial charge is 0.465 e. The highest BCUT2D eigenvalue weighted by Gasteiger charge is 2.40. The second kappa shape index (κ2) is 13.5. The first-order valence-corrected chi connectivity index (χ1v) is 13.6. The van der Waals surface area contributed by atoms with E-state index in [0.717, 1.165) is 42.5 Å². The number of amides is 3. The van der Waals surface area contributed by atoms with E-state index in [2.05, 4.69) is 22.0 Å². The van der Waals surface area contributed by atoms with Crippen LogP contribution >= 0.6 is 0 Å². The fraction of sp³-hybridized carbons (Fsp3) is 0.400. The summed E-state index contributed by atoms with van der Waals surface area (Å²) in [4.78, 5) is 40.1. The molecular formula is C30H33F2N5O5. The van der Waals surface area contributed by atoms with Crippen molar-refractivity contribution in [2.24, 2.45) is 0 Å². The Bertz CT molecular complexity index is 1390. The summed E-state index contributed by atoms with van der Waals surface area (Å²) < 4.78 is 38.1. The number of urea groups is 1. The lowest BCUT2D eigenvalue weighted by atomic mass is 9.69. The molecule has 1 unspecified atom stereocenters. The molecule has 0 bridgehead atoms. The lowest BCUT2D eigenvalue weighted by molar-refractivity contribution is -0.136. The zero-order valence-electron chi connectivity index (χ0n) is 23.4. The third-order valence-electron chi connectivity index (χ3n) is 7.68. The lowest BCUT2D eigenvalue weighted by Crippen LogP contribution is -2.60. The highest BCUT2D eigenvalue weighted by Crippen LogP contribution is 2.39. The second-order valence-corrected chi connectivity index (χ2v) is 10.2. The molecule has 1 heterocycles. The fourth-order valence-electron chi connectivity index (χ4n) is 5.51. The molecule has 1 aliphatic carbocycles. The summed E-state index contributed by atoms with van der Waals surface area (Å²) in [6, 6.07) is 14.4. The number of esters is 1. The topological polar surface area (TPSA) is 133 Å². The molecule has 2 aromatic rings. The standard InChI is InChI=1S/C30H33F2N5O5/c1-41-17-24-26(28(39)42-2)27(36-29(40)35-24)37(21-8-9-22(31)23(32)16-21)25(38)12-15-34-20-10-13-30(18-33,14-11-20)19-6-4-3-5-7-19/h3-9,16,20,27,34H,10-15,17H2,1-2H3,(H2,35,36,40). The minimum Gasteiger partial charge on any atom is -0.465 e. The van der Waals surface area contributed by atoms with E-state index < -0.39 is 41.1 Å². The Morgan fingerprint density at radius 2 is 1.83 bits per heavy atom. The normalized spacial score (nSPS) is 22.0. The first-order chi connectivity index (χ1) is 20.2. The summed E-state index contributed by atoms with van der Waals surface area (Å²) in [5, 5.41) is 18.3. The van der Waals surface area contributed by atoms with Gasteiger partial charge in [-0.15, -0.1) is 0 Å². The van der Waals surface area contributed by atoms with Crippen molar-refractivity contribution in [1.29, 1.82) is 5.26 Å². The van der Waals surface area contributed by atoms with Crippen molar-refractivity contribution in [2.75, 3.05) is 32.3 Å². The monoisotopic (exact) mass is 581 g/mol. The Kier molecular flexibility index (Phi) is 9.88. The zero-order valence-corrected chi connectivity index (χ0v) is 23.4. The number of hydrogen-bond donors (Lipinski definition) is 3. The summed E-state index contributed by atoms with van der Waals surface area (Å²) in [5.41, 5.74) is 0.324. The minimum absolute atomic E-state index is 0.0661. The van der Waals surface area contributed by atoms with Crippen molar-refractivity contribution in [1.82, 2.24) is 16.0 Å². The predicted octanol–water partition coefficient (Wildman–Crippen LogP) is 3.39. The van der Waals surface area contributed by atoms with Gasteiger partial charge in [0, 0.05) is 37.9 Å². The predicted molar refractivity (Wildman–Crippen MR) is 149 cm³/mol. The van der Waals surface area contributed by atoms with Gasteiger partial charge in [-0.3, -0.25) is 9.69 Å². The maximum Gasteiger partial charge on any atom is 0.339 e. The van der Waals surface area contributed by atoms with Crippen LogP contribution in [0.15, 0.2) is 59.8 Å². The van der Waals surface area contributed by atoms with Crippen LogP contribution in [0.25, 0.3) is 0 Å². The Balaban J connectivity index is 1.52. The number of benzene rings is 2. The van der Waals surface area contributed by atoms with Gasteiger partial charge in [0.25, 0.3) is 0 Å². The number of nitrogens with zero attached hydrogens (tertiary/aromatic N) is 2. The molecule has 1 fully saturated rings. The van der Waals surface area contributed by atoms with Gasteiger partial charge in [-0.05, 0) is 43.4 Å². The SMILES string of the molecule is COCC1=C(C(=O)OC)C(N(C(=O)CCNC2CCC(C#N)(c3ccccc3)CC2)c2ccc(F)c(F)c2)NC(=O)N1. The number of halogens is 2. The van der Waals surface area contributed by atoms with Crippen LogP contribution in [0, 0.1) is 23.0 Å². The Morgan fingerprint density at radius 3 is 2.45 bits per heavy atom. The van der Waals surface area contributed by atoms with Crippen LogP contribution in [-0.2, 0) is 24.5 Å². The molecule has 0 spiro atoms. The van der Waals surface area contributed by atoms with Crippen LogP contribution in [-0.4, -0.2) is 57.5 Å². The molecule has 0 saturated heterocycles. The first kappa shape index (κ1) is 30.6. The number of carbonyl (C=O) groups is 3. The quantitative estimate of drug-likeness (QED) is 0.367. The molecular weight excluding hydrogens is 548 g/mol. The van der Waals surface area contributed by atoms with Gasteiger partial charge in [-0.2, -0.15) is 5.26 Å². The summed E-state index contributed by atoms with van der Waals surface area (Å²) >= 11 is 0. The number of methoxy groups -OCH3 is 2. The molecule has 12 heteroatoms. The van der Waals surface area contributed by atoms with E-state index in [-0.39, 0.29) is 42.6 Å². The van der Waals surface area contributed by atoms with Crippen molar-refractivity contribution < 1.29 is 32.6 Å². The molecule has 3 N–H and O–H groups in total. The van der Waals surface area contributed by atoms with Crippen LogP contribution in [0.3, 0.4) is 0 Å². The maximum absolute atomic E-state index is 14.3. The average Bonchev–Trinajstić information content (AvgIpc) is 2.99. The molecule has 2 aromatic carbocycles. The molecule has 3 amide bonds. The van der Waals surface area contributed by atoms with Crippen molar-refractivity contribution in [2.45, 2.75) is 49.7 Å². The van der Waals surface area contributed by atoms with Crippen LogP contribution in [0.2, 0.25) is 0 Å². The smallest absolute Gasteiger partial charge is 0.339 e. The fourth-order valence-corrected chi connectivity index (χ4v) is 5.51. The van der Waals surface area contributed by atoms with Gasteiger partial charge in [0.1, 0.15) is 11.7 Å². The van der Waals surface area contributed by atoms with E-state index in [1.807, 2.05) is 30.3 Å². The van der Waals surface area contributed by atoms with Gasteiger partial charge in [0.2, 0.25) is 5.91 Å². The van der Waals surface area contributed by atoms with Crippen LogP contribution in [0.1, 0.15) is 37.7 Å². The highest BCUT2D eigenvalue weighted by atomic mass is 19.2. The molecule has 1 aliphatic heterocycles. The van der Waals surface area contributed by atoms with Crippen LogP contribution in [0.4, 0.5) is 19.3 Å². The van der Waals surface area contributed by atoms with Gasteiger partial charge in [0.15, 0.2) is 11.6 Å². The zero-order chi connectivity index (χ0) is 30.3. The maximum atomic E-state index is 14.3. The van der Waals surface area contributed by atoms with Crippen LogP contribution < -0.4 is 20.9 Å². The number of ether oxygens (including phenoxy) is 2. The van der Waals surface area contributed by atoms with Gasteiger partial charge in [-0.1, -0.05) is 30.3 Å². The van der Waals surface area contributed by atoms with Gasteiger partial charge in [-0.25, -0.2) is 18.4 Å². The lowest BCUT2D eigenvalue weighted by Gasteiger charge is -2.37. The third-order valence-corrected chi connectivity index (χ3v) is 7.68. The number of hydrogen-bond acceptors (Lipinski definition) is 7. The Morgan fingerprint density at radius 1 is 1.12 bits per heavy atom. The number of nitriles is 1. The molecule has 42 heavy (non-hydrogen) atoms. The van der Waals surface area contributed by atoms with Crippen molar-refractivity contribution in [3.05, 3.63) is 77.0 Å². The first-order valence-electron chi connectivity index (χ1n) is 13.6. The summed E-state index contributed by atoms with van der Waals surface area (Å²) in [7, 11) is 2.50. The summed E-state index contributed by atoms with van der Waals surface area (Å²) in [6.45, 7) is 0.0558. The number of anilines is 1. The molecule has 222 valence electrons. The molecule has 4 rings (SSSR count). The molecule has 1 saturated carbocycles. The van der Waals surface area contributed by atoms with E-state index in [0.29, 0.717) is 12.8 Å². The van der Waals surface area contributed by atoms with Crippen molar-refractivity contribution >= 4 is 23.6 Å². The molecule has 10 nitrogen and oxygen atoms in total. The van der Waals surface area contributed by atoms with E-state index >= 15 is 0 Å². The van der Waals surface area contributed by atoms with Gasteiger partial charge >= 0.3 is 12.0 Å². The number of nitrogens with one attached hydrogen (secondary N) is 3. The number of rotatable bonds is 10. The number of carbonyl (C=O) groups excluding carboxylic acids is 3. The van der Waals surface area contributed by atoms with Crippen LogP contribution in [0.5, 0.6) is 0 Å². The van der Waals surface area contributed by atoms with E-state index in [4.69, 9.17) is 9.47 Å². The Labute approximate surface area is 242 Å². The molecule has 2 aliphatic rings. The van der Waals surface area contributed by atoms with Crippen molar-refractivity contribution in [3.63, 3.8) is 0 Å². The second-order valence-electron chi connectivity index (χ2n) is 10.2. The van der Waals surface area contributed by atoms with Gasteiger partial charge in [0.05, 0.1) is 30.9 Å². The summed E-state index contributed by atoms with van der Waals surface area (Å²) in [5.74, 6) is -3.73. The Hall–Kier alpha value is -4.34. The molecule has 0 radical (unpaired) electrons. The van der Waals surface area contributed by atoms with Gasteiger partial charge < -0.3 is 25.4 Å². The summed E-state index contributed by atoms with van der Waals surface area (Å²) in [6.07, 6.45) is 1.30. The highest BCUT2D eigenvalue weighted by molar-refractivity contribution is 6.01. The van der Waals surface area contributed by atoms with E-state index in [1.165, 1.54) is 13.2 Å². The van der Waals surface area contributed by atoms with E-state index in [9.17, 15) is 28.4 Å².